The van der Waals surface area contributed by atoms with Gasteiger partial charge in [-0.1, -0.05) is 26.7 Å². The van der Waals surface area contributed by atoms with E-state index in [0.29, 0.717) is 32.1 Å². The summed E-state index contributed by atoms with van der Waals surface area (Å²) < 4.78 is 9.39. The van der Waals surface area contributed by atoms with Crippen LogP contribution in [0.15, 0.2) is 0 Å². The number of hydrogen-bond acceptors (Lipinski definition) is 6. The summed E-state index contributed by atoms with van der Waals surface area (Å²) >= 11 is 0. The number of cyclic esters (lactones) is 4. The first-order valence-corrected chi connectivity index (χ1v) is 8.00. The first kappa shape index (κ1) is 16.6. The van der Waals surface area contributed by atoms with Crippen LogP contribution in [0.3, 0.4) is 0 Å². The second kappa shape index (κ2) is 7.03. The minimum Gasteiger partial charge on any atom is -0.393 e. The van der Waals surface area contributed by atoms with E-state index in [4.69, 9.17) is 4.74 Å². The van der Waals surface area contributed by atoms with Gasteiger partial charge in [-0.2, -0.15) is 0 Å². The Morgan fingerprint density at radius 1 is 0.682 bits per heavy atom. The van der Waals surface area contributed by atoms with Crippen molar-refractivity contribution >= 4 is 23.9 Å². The molecule has 0 spiro atoms. The van der Waals surface area contributed by atoms with Crippen LogP contribution < -0.4 is 0 Å². The van der Waals surface area contributed by atoms with Gasteiger partial charge in [0.25, 0.3) is 0 Å². The molecule has 2 rings (SSSR count). The highest BCUT2D eigenvalue weighted by atomic mass is 16.6. The zero-order valence-electron chi connectivity index (χ0n) is 13.0. The molecule has 2 aliphatic heterocycles. The van der Waals surface area contributed by atoms with E-state index < -0.39 is 35.7 Å². The van der Waals surface area contributed by atoms with Gasteiger partial charge >= 0.3 is 23.9 Å². The number of hydrogen-bond donors (Lipinski definition) is 0. The van der Waals surface area contributed by atoms with Gasteiger partial charge in [0, 0.05) is 0 Å². The predicted octanol–water partition coefficient (Wildman–Crippen LogP) is 2.00. The quantitative estimate of drug-likeness (QED) is 0.528. The lowest BCUT2D eigenvalue weighted by atomic mass is 9.83. The second-order valence-electron chi connectivity index (χ2n) is 6.03. The highest BCUT2D eigenvalue weighted by molar-refractivity contribution is 5.97. The average Bonchev–Trinajstić information content (AvgIpc) is 2.88. The molecular weight excluding hydrogens is 288 g/mol. The number of rotatable bonds is 7. The summed E-state index contributed by atoms with van der Waals surface area (Å²) in [6.07, 6.45) is 3.61. The standard InChI is InChI=1S/C16H22O6/c1-3-6-10-12(16(20)22-14(10)18)8-5-7-11-9(4-2)13(17)21-15(11)19/h9-12H,3-8H2,1-2H3. The van der Waals surface area contributed by atoms with E-state index in [1.54, 1.807) is 0 Å². The van der Waals surface area contributed by atoms with Crippen molar-refractivity contribution in [3.8, 4) is 0 Å². The summed E-state index contributed by atoms with van der Waals surface area (Å²) in [7, 11) is 0. The van der Waals surface area contributed by atoms with Crippen LogP contribution >= 0.6 is 0 Å². The van der Waals surface area contributed by atoms with Gasteiger partial charge in [-0.15, -0.1) is 0 Å². The normalized spacial score (nSPS) is 31.5. The van der Waals surface area contributed by atoms with E-state index in [9.17, 15) is 19.2 Å². The van der Waals surface area contributed by atoms with Crippen LogP contribution in [0.4, 0.5) is 0 Å². The Morgan fingerprint density at radius 2 is 1.09 bits per heavy atom. The molecule has 0 N–H and O–H groups in total. The van der Waals surface area contributed by atoms with Crippen molar-refractivity contribution in [1.82, 2.24) is 0 Å². The smallest absolute Gasteiger partial charge is 0.317 e. The molecular formula is C16H22O6. The Bertz CT molecular complexity index is 483. The molecule has 122 valence electrons. The fourth-order valence-corrected chi connectivity index (χ4v) is 3.44. The Balaban J connectivity index is 1.90. The van der Waals surface area contributed by atoms with Gasteiger partial charge in [0.1, 0.15) is 0 Å². The summed E-state index contributed by atoms with van der Waals surface area (Å²) in [6.45, 7) is 3.81. The molecule has 0 bridgehead atoms. The predicted molar refractivity (Wildman–Crippen MR) is 75.2 cm³/mol. The molecule has 0 saturated carbocycles. The SMILES string of the molecule is CCCC1C(=O)OC(=O)C1CCCC1C(=O)OC(=O)C1CC. The van der Waals surface area contributed by atoms with Crippen LogP contribution in [-0.2, 0) is 28.7 Å². The minimum absolute atomic E-state index is 0.364. The van der Waals surface area contributed by atoms with Gasteiger partial charge in [-0.05, 0) is 25.7 Å². The van der Waals surface area contributed by atoms with E-state index in [1.807, 2.05) is 13.8 Å². The number of ether oxygens (including phenoxy) is 2. The molecule has 4 atom stereocenters. The summed E-state index contributed by atoms with van der Waals surface area (Å²) in [4.78, 5) is 46.6. The lowest BCUT2D eigenvalue weighted by Crippen LogP contribution is -2.20. The molecule has 2 saturated heterocycles. The minimum atomic E-state index is -0.466. The lowest BCUT2D eigenvalue weighted by molar-refractivity contribution is -0.155. The molecule has 2 heterocycles. The van der Waals surface area contributed by atoms with Gasteiger partial charge in [-0.3, -0.25) is 19.2 Å². The van der Waals surface area contributed by atoms with Gasteiger partial charge in [0.15, 0.2) is 0 Å². The molecule has 0 radical (unpaired) electrons. The third-order valence-electron chi connectivity index (χ3n) is 4.65. The number of carbonyl (C=O) groups is 4. The molecule has 0 aliphatic carbocycles. The van der Waals surface area contributed by atoms with Crippen LogP contribution in [0, 0.1) is 23.7 Å². The molecule has 0 aromatic carbocycles. The fourth-order valence-electron chi connectivity index (χ4n) is 3.44. The van der Waals surface area contributed by atoms with E-state index in [0.717, 1.165) is 6.42 Å². The highest BCUT2D eigenvalue weighted by Crippen LogP contribution is 2.35. The molecule has 0 aromatic heterocycles. The van der Waals surface area contributed by atoms with Crippen molar-refractivity contribution in [3.63, 3.8) is 0 Å². The summed E-state index contributed by atoms with van der Waals surface area (Å²) in [5.41, 5.74) is 0. The van der Waals surface area contributed by atoms with E-state index in [-0.39, 0.29) is 11.8 Å². The van der Waals surface area contributed by atoms with Crippen molar-refractivity contribution < 1.29 is 28.7 Å². The first-order chi connectivity index (χ1) is 10.5. The van der Waals surface area contributed by atoms with Crippen molar-refractivity contribution in [2.75, 3.05) is 0 Å². The van der Waals surface area contributed by atoms with Gasteiger partial charge in [0.2, 0.25) is 0 Å². The second-order valence-corrected chi connectivity index (χ2v) is 6.03. The zero-order chi connectivity index (χ0) is 16.3. The monoisotopic (exact) mass is 310 g/mol. The van der Waals surface area contributed by atoms with E-state index >= 15 is 0 Å². The first-order valence-electron chi connectivity index (χ1n) is 8.00. The van der Waals surface area contributed by atoms with Crippen molar-refractivity contribution in [3.05, 3.63) is 0 Å². The topological polar surface area (TPSA) is 86.7 Å². The van der Waals surface area contributed by atoms with E-state index in [2.05, 4.69) is 4.74 Å². The van der Waals surface area contributed by atoms with Gasteiger partial charge < -0.3 is 9.47 Å². The van der Waals surface area contributed by atoms with Crippen molar-refractivity contribution in [2.24, 2.45) is 23.7 Å². The van der Waals surface area contributed by atoms with Crippen LogP contribution in [0.2, 0.25) is 0 Å². The molecule has 0 amide bonds. The third-order valence-corrected chi connectivity index (χ3v) is 4.65. The Labute approximate surface area is 129 Å². The number of carbonyl (C=O) groups excluding carboxylic acids is 4. The summed E-state index contributed by atoms with van der Waals surface area (Å²) in [5, 5.41) is 0. The van der Waals surface area contributed by atoms with Crippen LogP contribution in [0.5, 0.6) is 0 Å². The third kappa shape index (κ3) is 3.20. The van der Waals surface area contributed by atoms with Crippen molar-refractivity contribution in [1.29, 1.82) is 0 Å². The summed E-state index contributed by atoms with van der Waals surface area (Å²) in [6, 6.07) is 0. The molecule has 0 aromatic rings. The molecule has 4 unspecified atom stereocenters. The van der Waals surface area contributed by atoms with Crippen LogP contribution in [0.1, 0.15) is 52.4 Å². The Hall–Kier alpha value is -1.72. The molecule has 6 nitrogen and oxygen atoms in total. The Kier molecular flexibility index (Phi) is 5.32. The molecule has 2 fully saturated rings. The van der Waals surface area contributed by atoms with Crippen molar-refractivity contribution in [2.45, 2.75) is 52.4 Å². The number of esters is 4. The lowest BCUT2D eigenvalue weighted by Gasteiger charge is -2.15. The largest absolute Gasteiger partial charge is 0.393 e. The molecule has 6 heteroatoms. The Morgan fingerprint density at radius 3 is 1.55 bits per heavy atom. The molecule has 22 heavy (non-hydrogen) atoms. The molecule has 2 aliphatic rings. The van der Waals surface area contributed by atoms with Gasteiger partial charge in [0.05, 0.1) is 23.7 Å². The van der Waals surface area contributed by atoms with E-state index in [1.165, 1.54) is 0 Å². The summed E-state index contributed by atoms with van der Waals surface area (Å²) in [5.74, 6) is -3.38. The highest BCUT2D eigenvalue weighted by Gasteiger charge is 2.45. The fraction of sp³-hybridized carbons (Fsp3) is 0.750. The van der Waals surface area contributed by atoms with Crippen LogP contribution in [0.25, 0.3) is 0 Å². The maximum absolute atomic E-state index is 11.7. The maximum atomic E-state index is 11.7. The van der Waals surface area contributed by atoms with Crippen LogP contribution in [-0.4, -0.2) is 23.9 Å². The van der Waals surface area contributed by atoms with Gasteiger partial charge in [-0.25, -0.2) is 0 Å². The zero-order valence-corrected chi connectivity index (χ0v) is 13.0. The average molecular weight is 310 g/mol. The maximum Gasteiger partial charge on any atom is 0.317 e.